The number of carboxylic acid groups (broad SMARTS) is 1. The molecule has 14 nitrogen and oxygen atoms in total. The second-order valence-electron chi connectivity index (χ2n) is 8.02. The zero-order chi connectivity index (χ0) is 25.4. The lowest BCUT2D eigenvalue weighted by atomic mass is 10.0. The average Bonchev–Trinajstić information content (AvgIpc) is 3.41. The second-order valence-corrected chi connectivity index (χ2v) is 10.9. The van der Waals surface area contributed by atoms with Crippen LogP contribution >= 0.6 is 34.9 Å². The summed E-state index contributed by atoms with van der Waals surface area (Å²) in [7, 11) is 3.78. The van der Waals surface area contributed by atoms with Gasteiger partial charge in [0.25, 0.3) is 5.91 Å². The number of carbonyl (C=O) groups is 3. The number of thiazole rings is 1. The van der Waals surface area contributed by atoms with Gasteiger partial charge in [-0.2, -0.15) is 4.73 Å². The number of aliphatic carboxylic acids is 1. The summed E-state index contributed by atoms with van der Waals surface area (Å²) < 4.78 is 2.25. The van der Waals surface area contributed by atoms with E-state index in [2.05, 4.69) is 20.8 Å². The van der Waals surface area contributed by atoms with Crippen molar-refractivity contribution in [2.75, 3.05) is 25.6 Å². The number of amides is 2. The molecule has 2 aliphatic rings. The van der Waals surface area contributed by atoms with Gasteiger partial charge in [-0.15, -0.1) is 28.2 Å². The van der Waals surface area contributed by atoms with Gasteiger partial charge in [0.1, 0.15) is 23.3 Å². The maximum atomic E-state index is 12.8. The average molecular weight is 542 g/mol. The first-order chi connectivity index (χ1) is 16.6. The van der Waals surface area contributed by atoms with Gasteiger partial charge in [-0.05, 0) is 37.0 Å². The van der Waals surface area contributed by atoms with Crippen molar-refractivity contribution in [3.63, 3.8) is 0 Å². The number of fused-ring (bicyclic) bond motifs is 1. The van der Waals surface area contributed by atoms with Crippen molar-refractivity contribution < 1.29 is 24.7 Å². The number of β-lactam (4-membered cyclic amide) rings is 1. The van der Waals surface area contributed by atoms with E-state index in [0.29, 0.717) is 21.2 Å². The molecule has 2 amide bonds. The Morgan fingerprint density at radius 3 is 2.80 bits per heavy atom. The van der Waals surface area contributed by atoms with Crippen LogP contribution in [0, 0.1) is 5.41 Å². The van der Waals surface area contributed by atoms with Gasteiger partial charge in [0.05, 0.1) is 12.1 Å². The van der Waals surface area contributed by atoms with Gasteiger partial charge in [-0.1, -0.05) is 11.8 Å². The van der Waals surface area contributed by atoms with E-state index in [9.17, 15) is 24.7 Å². The Kier molecular flexibility index (Phi) is 7.20. The van der Waals surface area contributed by atoms with E-state index in [-0.39, 0.29) is 34.5 Å². The van der Waals surface area contributed by atoms with Crippen molar-refractivity contribution in [3.05, 3.63) is 27.1 Å². The van der Waals surface area contributed by atoms with E-state index in [1.165, 1.54) is 33.8 Å². The molecule has 2 aromatic heterocycles. The van der Waals surface area contributed by atoms with Crippen LogP contribution in [0.1, 0.15) is 18.8 Å². The Hall–Kier alpha value is -2.89. The molecule has 4 rings (SSSR count). The van der Waals surface area contributed by atoms with Crippen LogP contribution in [-0.2, 0) is 20.8 Å². The summed E-state index contributed by atoms with van der Waals surface area (Å²) in [4.78, 5) is 40.4. The Balaban J connectivity index is 1.45. The van der Waals surface area contributed by atoms with Gasteiger partial charge in [-0.3, -0.25) is 24.8 Å². The van der Waals surface area contributed by atoms with E-state index in [1.54, 1.807) is 4.68 Å². The first-order valence-corrected chi connectivity index (χ1v) is 13.2. The topological polar surface area (TPSA) is 183 Å². The molecule has 0 aromatic carbocycles. The van der Waals surface area contributed by atoms with E-state index in [4.69, 9.17) is 5.41 Å². The summed E-state index contributed by atoms with van der Waals surface area (Å²) in [5, 5.41) is 42.9. The molecule has 17 heteroatoms. The fourth-order valence-electron chi connectivity index (χ4n) is 3.54. The van der Waals surface area contributed by atoms with Gasteiger partial charge in [0, 0.05) is 16.9 Å². The van der Waals surface area contributed by atoms with E-state index >= 15 is 0 Å². The molecule has 1 saturated heterocycles. The highest BCUT2D eigenvalue weighted by Gasteiger charge is 2.54. The highest BCUT2D eigenvalue weighted by molar-refractivity contribution is 8.01. The first kappa shape index (κ1) is 25.2. The highest BCUT2D eigenvalue weighted by Crippen LogP contribution is 2.41. The lowest BCUT2D eigenvalue weighted by Crippen LogP contribution is -2.70. The lowest BCUT2D eigenvalue weighted by molar-refractivity contribution is -0.150. The van der Waals surface area contributed by atoms with Crippen molar-refractivity contribution in [1.82, 2.24) is 40.1 Å². The molecule has 4 N–H and O–H groups in total. The van der Waals surface area contributed by atoms with Crippen LogP contribution in [0.2, 0.25) is 0 Å². The molecule has 3 unspecified atom stereocenters. The summed E-state index contributed by atoms with van der Waals surface area (Å²) in [6.07, 6.45) is -0.314. The van der Waals surface area contributed by atoms with E-state index in [1.807, 2.05) is 25.9 Å². The number of carboxylic acids is 1. The zero-order valence-electron chi connectivity index (χ0n) is 18.9. The number of nitrogens with zero attached hydrogens (tertiary/aromatic N) is 7. The number of rotatable bonds is 9. The molecule has 188 valence electrons. The van der Waals surface area contributed by atoms with Crippen LogP contribution < -0.4 is 10.1 Å². The first-order valence-electron chi connectivity index (χ1n) is 10.3. The standard InChI is InChI=1S/C18H23N9O5S3/c1-8(24(2)3)26-18(21-22-23-26)35-6-9-5-33-15-12(14(29)25(15)13(9)16(30)31)20-11(28)4-10-7-34-17(19)27(10)32/h7-8,12,15,19,32H,4-6H2,1-3H3,(H,20,28)(H,30,31). The van der Waals surface area contributed by atoms with Crippen LogP contribution in [0.25, 0.3) is 0 Å². The summed E-state index contributed by atoms with van der Waals surface area (Å²) in [6.45, 7) is 1.93. The fraction of sp³-hybridized carbons (Fsp3) is 0.500. The predicted molar refractivity (Wildman–Crippen MR) is 126 cm³/mol. The monoisotopic (exact) mass is 541 g/mol. The van der Waals surface area contributed by atoms with Crippen LogP contribution in [-0.4, -0.2) is 99.9 Å². The number of hydrogen-bond donors (Lipinski definition) is 4. The van der Waals surface area contributed by atoms with Crippen LogP contribution in [0.15, 0.2) is 21.8 Å². The van der Waals surface area contributed by atoms with Gasteiger partial charge in [0.15, 0.2) is 0 Å². The van der Waals surface area contributed by atoms with Crippen molar-refractivity contribution >= 4 is 52.6 Å². The number of thioether (sulfide) groups is 2. The van der Waals surface area contributed by atoms with Crippen LogP contribution in [0.5, 0.6) is 0 Å². The van der Waals surface area contributed by atoms with Crippen molar-refractivity contribution in [3.8, 4) is 0 Å². The molecule has 1 fully saturated rings. The highest BCUT2D eigenvalue weighted by atomic mass is 32.2. The molecule has 4 heterocycles. The number of tetrazole rings is 1. The molecule has 2 aromatic rings. The lowest BCUT2D eigenvalue weighted by Gasteiger charge is -2.49. The zero-order valence-corrected chi connectivity index (χ0v) is 21.4. The Labute approximate surface area is 211 Å². The smallest absolute Gasteiger partial charge is 0.352 e. The maximum absolute atomic E-state index is 12.8. The molecule has 0 radical (unpaired) electrons. The third kappa shape index (κ3) is 4.80. The SMILES string of the molecule is CC(N(C)C)n1nnnc1SCC1=C(C(=O)O)N2C(=O)C(NC(=O)Cc3csc(=N)n3O)C2SC1. The van der Waals surface area contributed by atoms with Crippen LogP contribution in [0.3, 0.4) is 0 Å². The second kappa shape index (κ2) is 10.00. The molecule has 0 saturated carbocycles. The molecule has 2 aliphatic heterocycles. The molecule has 0 bridgehead atoms. The van der Waals surface area contributed by atoms with Crippen molar-refractivity contribution in [1.29, 1.82) is 5.41 Å². The van der Waals surface area contributed by atoms with Gasteiger partial charge < -0.3 is 15.6 Å². The molecular formula is C18H23N9O5S3. The van der Waals surface area contributed by atoms with Gasteiger partial charge in [0.2, 0.25) is 15.9 Å². The third-order valence-electron chi connectivity index (χ3n) is 5.62. The fourth-order valence-corrected chi connectivity index (χ4v) is 6.62. The van der Waals surface area contributed by atoms with E-state index in [0.717, 1.165) is 11.3 Å². The number of carbonyl (C=O) groups excluding carboxylic acids is 2. The molecule has 3 atom stereocenters. The normalized spacial score (nSPS) is 20.6. The number of hydrogen-bond acceptors (Lipinski definition) is 12. The summed E-state index contributed by atoms with van der Waals surface area (Å²) in [5.74, 6) is -1.58. The van der Waals surface area contributed by atoms with Gasteiger partial charge >= 0.3 is 5.97 Å². The molecule has 0 aliphatic carbocycles. The minimum Gasteiger partial charge on any atom is -0.477 e. The molecule has 0 spiro atoms. The quantitative estimate of drug-likeness (QED) is 0.181. The summed E-state index contributed by atoms with van der Waals surface area (Å²) in [5.41, 5.74) is 0.714. The molecule has 35 heavy (non-hydrogen) atoms. The largest absolute Gasteiger partial charge is 0.477 e. The minimum atomic E-state index is -1.21. The maximum Gasteiger partial charge on any atom is 0.352 e. The Morgan fingerprint density at radius 1 is 1.43 bits per heavy atom. The third-order valence-corrected chi connectivity index (χ3v) is 8.76. The van der Waals surface area contributed by atoms with Crippen LogP contribution in [0.4, 0.5) is 0 Å². The number of aromatic nitrogens is 5. The molecular weight excluding hydrogens is 518 g/mol. The van der Waals surface area contributed by atoms with Crippen molar-refractivity contribution in [2.45, 2.75) is 36.1 Å². The van der Waals surface area contributed by atoms with Gasteiger partial charge in [-0.25, -0.2) is 9.48 Å². The summed E-state index contributed by atoms with van der Waals surface area (Å²) in [6, 6.07) is -0.870. The number of nitrogens with one attached hydrogen (secondary N) is 2. The summed E-state index contributed by atoms with van der Waals surface area (Å²) >= 11 is 3.63. The minimum absolute atomic E-state index is 0.0821. The Bertz CT molecular complexity index is 1250. The van der Waals surface area contributed by atoms with E-state index < -0.39 is 29.2 Å². The predicted octanol–water partition coefficient (Wildman–Crippen LogP) is -0.594. The Morgan fingerprint density at radius 2 is 2.17 bits per heavy atom. The van der Waals surface area contributed by atoms with Crippen molar-refractivity contribution in [2.24, 2.45) is 0 Å².